The molecule has 4 fully saturated rings. The molecular weight excluding hydrogens is 630 g/mol. The van der Waals surface area contributed by atoms with Gasteiger partial charge in [0, 0.05) is 5.56 Å². The number of likely N-dealkylation sites (tertiary alicyclic amines) is 1. The number of hydrogen-bond donors (Lipinski definition) is 11. The van der Waals surface area contributed by atoms with E-state index in [2.05, 4.69) is 11.8 Å². The second-order valence-corrected chi connectivity index (χ2v) is 12.2. The second kappa shape index (κ2) is 14.9. The lowest BCUT2D eigenvalue weighted by Crippen LogP contribution is -2.65. The van der Waals surface area contributed by atoms with Crippen molar-refractivity contribution in [2.45, 2.75) is 104 Å². The minimum atomic E-state index is -2.77. The Kier molecular flexibility index (Phi) is 11.5. The van der Waals surface area contributed by atoms with Crippen LogP contribution < -0.4 is 0 Å². The largest absolute Gasteiger partial charge is 0.391 e. The Bertz CT molecular complexity index is 1230. The number of rotatable bonds is 9. The van der Waals surface area contributed by atoms with Crippen LogP contribution in [0.5, 0.6) is 0 Å². The zero-order valence-electron chi connectivity index (χ0n) is 25.2. The van der Waals surface area contributed by atoms with Crippen molar-refractivity contribution in [3.63, 3.8) is 0 Å². The van der Waals surface area contributed by atoms with E-state index in [4.69, 9.17) is 23.7 Å². The van der Waals surface area contributed by atoms with Crippen molar-refractivity contribution in [1.29, 1.82) is 0 Å². The van der Waals surface area contributed by atoms with Crippen LogP contribution in [-0.4, -0.2) is 185 Å². The maximum Gasteiger partial charge on any atom is 0.226 e. The van der Waals surface area contributed by atoms with E-state index in [1.807, 2.05) is 35.2 Å². The third-order valence-electron chi connectivity index (χ3n) is 9.01. The standard InChI is InChI=1S/C30H43NO16/c32-13-29(42)25(40)26(41)30(14-33,47-29)46-28-23(39)19(35)18(34)17(44-28)12-43-27-22(38)20(36)21(37)24(45-27)16(31-10-4-5-11-31)9-8-15-6-2-1-3-7-15/h1-3,6-7,16-28,32-42H,4-5,10-14H2/t16?,17-,18-,19+,20+,21-,22-,23-,24-,25+,26+,27+,28-,29-,30-/m1/s1. The fraction of sp³-hybridized carbons (Fsp3) is 0.733. The molecule has 4 aliphatic heterocycles. The summed E-state index contributed by atoms with van der Waals surface area (Å²) in [5.74, 6) is 0.756. The summed E-state index contributed by atoms with van der Waals surface area (Å²) in [5, 5.41) is 115. The number of aliphatic hydroxyl groups excluding tert-OH is 10. The minimum Gasteiger partial charge on any atom is -0.391 e. The molecule has 4 aliphatic rings. The Morgan fingerprint density at radius 1 is 0.787 bits per heavy atom. The van der Waals surface area contributed by atoms with Crippen LogP contribution in [0.1, 0.15) is 18.4 Å². The number of nitrogens with zero attached hydrogens (tertiary/aromatic N) is 1. The second-order valence-electron chi connectivity index (χ2n) is 12.2. The van der Waals surface area contributed by atoms with Crippen molar-refractivity contribution in [2.24, 2.45) is 0 Å². The zero-order chi connectivity index (χ0) is 34.1. The van der Waals surface area contributed by atoms with E-state index >= 15 is 0 Å². The molecule has 264 valence electrons. The highest BCUT2D eigenvalue weighted by atomic mass is 16.8. The van der Waals surface area contributed by atoms with Crippen molar-refractivity contribution in [3.8, 4) is 11.8 Å². The molecule has 1 aromatic carbocycles. The highest BCUT2D eigenvalue weighted by Crippen LogP contribution is 2.40. The predicted octanol–water partition coefficient (Wildman–Crippen LogP) is -5.73. The van der Waals surface area contributed by atoms with Gasteiger partial charge in [0.15, 0.2) is 12.6 Å². The third-order valence-corrected chi connectivity index (χ3v) is 9.01. The van der Waals surface area contributed by atoms with Gasteiger partial charge in [0.1, 0.15) is 73.7 Å². The molecule has 17 heteroatoms. The first kappa shape index (κ1) is 36.4. The smallest absolute Gasteiger partial charge is 0.226 e. The van der Waals surface area contributed by atoms with Gasteiger partial charge in [-0.15, -0.1) is 0 Å². The summed E-state index contributed by atoms with van der Waals surface area (Å²) in [7, 11) is 0. The van der Waals surface area contributed by atoms with Crippen LogP contribution in [0.2, 0.25) is 0 Å². The summed E-state index contributed by atoms with van der Waals surface area (Å²) >= 11 is 0. The summed E-state index contributed by atoms with van der Waals surface area (Å²) in [6, 6.07) is 8.39. The summed E-state index contributed by atoms with van der Waals surface area (Å²) in [6.45, 7) is -1.81. The normalized spacial score (nSPS) is 45.0. The van der Waals surface area contributed by atoms with E-state index < -0.39 is 111 Å². The lowest BCUT2D eigenvalue weighted by atomic mass is 9.93. The van der Waals surface area contributed by atoms with E-state index in [1.54, 1.807) is 0 Å². The molecule has 17 nitrogen and oxygen atoms in total. The van der Waals surface area contributed by atoms with Crippen LogP contribution in [0.15, 0.2) is 30.3 Å². The minimum absolute atomic E-state index is 0.648. The van der Waals surface area contributed by atoms with Gasteiger partial charge in [-0.05, 0) is 38.1 Å². The van der Waals surface area contributed by atoms with Crippen molar-refractivity contribution in [2.75, 3.05) is 32.9 Å². The molecule has 0 bridgehead atoms. The van der Waals surface area contributed by atoms with Crippen molar-refractivity contribution < 1.29 is 79.9 Å². The average Bonchev–Trinajstić information content (AvgIpc) is 3.68. The highest BCUT2D eigenvalue weighted by Gasteiger charge is 2.64. The van der Waals surface area contributed by atoms with Gasteiger partial charge in [-0.25, -0.2) is 0 Å². The monoisotopic (exact) mass is 673 g/mol. The van der Waals surface area contributed by atoms with Gasteiger partial charge in [-0.3, -0.25) is 4.90 Å². The van der Waals surface area contributed by atoms with E-state index in [0.29, 0.717) is 18.7 Å². The van der Waals surface area contributed by atoms with Crippen LogP contribution in [0.4, 0.5) is 0 Å². The van der Waals surface area contributed by atoms with Gasteiger partial charge in [0.25, 0.3) is 0 Å². The Labute approximate surface area is 269 Å². The van der Waals surface area contributed by atoms with E-state index in [9.17, 15) is 56.2 Å². The topological polar surface area (TPSA) is 272 Å². The predicted molar refractivity (Wildman–Crippen MR) is 153 cm³/mol. The first-order valence-corrected chi connectivity index (χ1v) is 15.4. The number of benzene rings is 1. The Morgan fingerprint density at radius 2 is 1.43 bits per heavy atom. The fourth-order valence-electron chi connectivity index (χ4n) is 6.18. The van der Waals surface area contributed by atoms with Gasteiger partial charge >= 0.3 is 0 Å². The maximum absolute atomic E-state index is 11.0. The molecule has 0 spiro atoms. The first-order chi connectivity index (χ1) is 22.4. The molecule has 4 saturated heterocycles. The molecular formula is C30H43NO16. The molecule has 0 aliphatic carbocycles. The van der Waals surface area contributed by atoms with Crippen LogP contribution >= 0.6 is 0 Å². The number of aliphatic hydroxyl groups is 11. The van der Waals surface area contributed by atoms with Gasteiger partial charge < -0.3 is 79.9 Å². The molecule has 4 heterocycles. The molecule has 0 radical (unpaired) electrons. The number of hydrogen-bond acceptors (Lipinski definition) is 17. The first-order valence-electron chi connectivity index (χ1n) is 15.4. The average molecular weight is 674 g/mol. The Morgan fingerprint density at radius 3 is 2.04 bits per heavy atom. The molecule has 1 aromatic rings. The zero-order valence-corrected chi connectivity index (χ0v) is 25.2. The maximum atomic E-state index is 11.0. The fourth-order valence-corrected chi connectivity index (χ4v) is 6.18. The van der Waals surface area contributed by atoms with Gasteiger partial charge in [-0.2, -0.15) is 0 Å². The van der Waals surface area contributed by atoms with Crippen molar-refractivity contribution in [3.05, 3.63) is 35.9 Å². The summed E-state index contributed by atoms with van der Waals surface area (Å²) in [4.78, 5) is 1.99. The van der Waals surface area contributed by atoms with Crippen molar-refractivity contribution >= 4 is 0 Å². The summed E-state index contributed by atoms with van der Waals surface area (Å²) in [5.41, 5.74) is 0.713. The SMILES string of the molecule is OC[C@@]1(O[C@H]2O[C@H](CO[C@H]3O[C@H](C(C#Cc4ccccc4)N4CCCC4)[C@H](O)[C@H](O)[C@H]3O)[C@@H](O)[C@H](O)[C@H]2O)O[C@](O)(CO)[C@@H](O)[C@@H]1O. The lowest BCUT2D eigenvalue weighted by molar-refractivity contribution is -0.407. The van der Waals surface area contributed by atoms with Gasteiger partial charge in [0.05, 0.1) is 13.2 Å². The quantitative estimate of drug-likeness (QED) is 0.109. The molecule has 15 atom stereocenters. The Balaban J connectivity index is 1.31. The van der Waals surface area contributed by atoms with Crippen LogP contribution in [-0.2, 0) is 23.7 Å². The van der Waals surface area contributed by atoms with Crippen LogP contribution in [0.3, 0.4) is 0 Å². The number of ether oxygens (including phenoxy) is 5. The van der Waals surface area contributed by atoms with E-state index in [-0.39, 0.29) is 0 Å². The van der Waals surface area contributed by atoms with Crippen LogP contribution in [0.25, 0.3) is 0 Å². The van der Waals surface area contributed by atoms with E-state index in [0.717, 1.165) is 12.8 Å². The molecule has 5 rings (SSSR count). The van der Waals surface area contributed by atoms with Gasteiger partial charge in [-0.1, -0.05) is 30.0 Å². The highest BCUT2D eigenvalue weighted by molar-refractivity contribution is 5.35. The molecule has 0 saturated carbocycles. The van der Waals surface area contributed by atoms with E-state index in [1.165, 1.54) is 0 Å². The van der Waals surface area contributed by atoms with Gasteiger partial charge in [0.2, 0.25) is 11.6 Å². The molecule has 1 unspecified atom stereocenters. The van der Waals surface area contributed by atoms with Crippen LogP contribution in [0, 0.1) is 11.8 Å². The molecule has 0 amide bonds. The Hall–Kier alpha value is -1.90. The molecule has 47 heavy (non-hydrogen) atoms. The molecule has 11 N–H and O–H groups in total. The van der Waals surface area contributed by atoms with Crippen molar-refractivity contribution in [1.82, 2.24) is 4.90 Å². The lowest BCUT2D eigenvalue weighted by Gasteiger charge is -2.45. The summed E-state index contributed by atoms with van der Waals surface area (Å²) in [6.07, 6.45) is -19.8. The third kappa shape index (κ3) is 7.21. The summed E-state index contributed by atoms with van der Waals surface area (Å²) < 4.78 is 27.7. The molecule has 0 aromatic heterocycles.